The minimum atomic E-state index is 0.150. The average molecular weight is 344 g/mol. The van der Waals surface area contributed by atoms with Gasteiger partial charge in [0.2, 0.25) is 0 Å². The Labute approximate surface area is 148 Å². The molecule has 136 valence electrons. The fourth-order valence-electron chi connectivity index (χ4n) is 2.96. The summed E-state index contributed by atoms with van der Waals surface area (Å²) in [5, 5.41) is 11.4. The lowest BCUT2D eigenvalue weighted by Gasteiger charge is -2.25. The maximum absolute atomic E-state index is 5.39. The van der Waals surface area contributed by atoms with Gasteiger partial charge in [-0.25, -0.2) is 9.67 Å². The molecule has 0 fully saturated rings. The molecule has 1 atom stereocenters. The van der Waals surface area contributed by atoms with Gasteiger partial charge in [-0.05, 0) is 37.8 Å². The summed E-state index contributed by atoms with van der Waals surface area (Å²) in [7, 11) is 0. The van der Waals surface area contributed by atoms with Crippen molar-refractivity contribution in [1.29, 1.82) is 0 Å². The van der Waals surface area contributed by atoms with Crippen LogP contribution in [0.5, 0.6) is 0 Å². The molecule has 2 aromatic rings. The van der Waals surface area contributed by atoms with Crippen molar-refractivity contribution in [2.75, 3.05) is 13.1 Å². The third-order valence-corrected chi connectivity index (χ3v) is 4.15. The van der Waals surface area contributed by atoms with Crippen molar-refractivity contribution >= 4 is 5.96 Å². The Balaban J connectivity index is 1.64. The van der Waals surface area contributed by atoms with Crippen LogP contribution in [0.3, 0.4) is 0 Å². The molecule has 0 aromatic carbocycles. The number of nitrogens with one attached hydrogen (secondary N) is 2. The van der Waals surface area contributed by atoms with E-state index in [0.717, 1.165) is 62.3 Å². The predicted octanol–water partition coefficient (Wildman–Crippen LogP) is 2.45. The first-order valence-electron chi connectivity index (χ1n) is 9.10. The van der Waals surface area contributed by atoms with E-state index in [1.807, 2.05) is 23.7 Å². The Morgan fingerprint density at radius 2 is 2.36 bits per heavy atom. The van der Waals surface area contributed by atoms with Crippen LogP contribution >= 0.6 is 0 Å². The molecule has 0 spiro atoms. The van der Waals surface area contributed by atoms with Crippen molar-refractivity contribution in [1.82, 2.24) is 25.4 Å². The first-order chi connectivity index (χ1) is 12.1. The van der Waals surface area contributed by atoms with E-state index in [0.29, 0.717) is 5.92 Å². The summed E-state index contributed by atoms with van der Waals surface area (Å²) in [6.07, 6.45) is 4.67. The van der Waals surface area contributed by atoms with E-state index in [1.165, 1.54) is 0 Å². The lowest BCUT2D eigenvalue weighted by molar-refractivity contribution is 0.397. The summed E-state index contributed by atoms with van der Waals surface area (Å²) in [4.78, 5) is 9.32. The number of aromatic nitrogens is 3. The minimum Gasteiger partial charge on any atom is -0.469 e. The highest BCUT2D eigenvalue weighted by Gasteiger charge is 2.24. The van der Waals surface area contributed by atoms with Gasteiger partial charge in [0.1, 0.15) is 17.4 Å². The van der Waals surface area contributed by atoms with E-state index in [2.05, 4.69) is 34.6 Å². The van der Waals surface area contributed by atoms with E-state index < -0.39 is 0 Å². The monoisotopic (exact) mass is 344 g/mol. The Kier molecular flexibility index (Phi) is 5.73. The number of nitrogens with zero attached hydrogens (tertiary/aromatic N) is 4. The number of hydrogen-bond donors (Lipinski definition) is 2. The molecule has 7 heteroatoms. The molecule has 0 radical (unpaired) electrons. The fraction of sp³-hybridized carbons (Fsp3) is 0.611. The van der Waals surface area contributed by atoms with Crippen LogP contribution in [-0.2, 0) is 13.0 Å². The summed E-state index contributed by atoms with van der Waals surface area (Å²) >= 11 is 0. The van der Waals surface area contributed by atoms with Crippen molar-refractivity contribution < 1.29 is 4.42 Å². The van der Waals surface area contributed by atoms with Gasteiger partial charge in [0.25, 0.3) is 0 Å². The third-order valence-electron chi connectivity index (χ3n) is 4.15. The van der Waals surface area contributed by atoms with Gasteiger partial charge in [0, 0.05) is 26.1 Å². The topological polar surface area (TPSA) is 80.3 Å². The first-order valence-corrected chi connectivity index (χ1v) is 9.10. The molecule has 2 aromatic heterocycles. The maximum atomic E-state index is 5.39. The molecule has 1 aliphatic rings. The highest BCUT2D eigenvalue weighted by Crippen LogP contribution is 2.22. The Morgan fingerprint density at radius 3 is 3.12 bits per heavy atom. The summed E-state index contributed by atoms with van der Waals surface area (Å²) in [6, 6.07) is 4.06. The molecule has 3 rings (SSSR count). The van der Waals surface area contributed by atoms with Crippen molar-refractivity contribution in [3.8, 4) is 0 Å². The molecule has 0 saturated carbocycles. The van der Waals surface area contributed by atoms with Crippen LogP contribution < -0.4 is 10.6 Å². The number of aryl methyl sites for hydroxylation is 2. The standard InChI is InChI=1S/C18H28N6O/c1-13(2)12-20-18(19-9-8-15-6-5-11-25-15)22-16-7-4-10-24-17(16)21-14(3)23-24/h5-6,11,13,16H,4,7-10,12H2,1-3H3,(H2,19,20,22). The van der Waals surface area contributed by atoms with E-state index in [-0.39, 0.29) is 6.04 Å². The minimum absolute atomic E-state index is 0.150. The summed E-state index contributed by atoms with van der Waals surface area (Å²) < 4.78 is 7.40. The predicted molar refractivity (Wildman–Crippen MR) is 97.4 cm³/mol. The smallest absolute Gasteiger partial charge is 0.191 e. The molecule has 2 N–H and O–H groups in total. The van der Waals surface area contributed by atoms with Gasteiger partial charge in [0.05, 0.1) is 12.3 Å². The van der Waals surface area contributed by atoms with Crippen LogP contribution in [0, 0.1) is 12.8 Å². The van der Waals surface area contributed by atoms with Crippen molar-refractivity contribution in [2.45, 2.75) is 52.6 Å². The van der Waals surface area contributed by atoms with Gasteiger partial charge in [-0.1, -0.05) is 13.8 Å². The summed E-state index contributed by atoms with van der Waals surface area (Å²) in [5.41, 5.74) is 0. The van der Waals surface area contributed by atoms with Crippen molar-refractivity contribution in [2.24, 2.45) is 10.9 Å². The van der Waals surface area contributed by atoms with Crippen LogP contribution in [0.2, 0.25) is 0 Å². The van der Waals surface area contributed by atoms with Crippen LogP contribution in [-0.4, -0.2) is 33.8 Å². The normalized spacial score (nSPS) is 17.6. The molecule has 3 heterocycles. The number of furan rings is 1. The van der Waals surface area contributed by atoms with Crippen LogP contribution in [0.15, 0.2) is 27.8 Å². The highest BCUT2D eigenvalue weighted by atomic mass is 16.3. The first kappa shape index (κ1) is 17.5. The van der Waals surface area contributed by atoms with Gasteiger partial charge in [-0.2, -0.15) is 5.10 Å². The molecule has 0 aliphatic carbocycles. The lowest BCUT2D eigenvalue weighted by Crippen LogP contribution is -2.42. The largest absolute Gasteiger partial charge is 0.469 e. The third kappa shape index (κ3) is 4.84. The van der Waals surface area contributed by atoms with Gasteiger partial charge in [0.15, 0.2) is 5.96 Å². The number of aliphatic imine (C=N–C) groups is 1. The van der Waals surface area contributed by atoms with E-state index >= 15 is 0 Å². The summed E-state index contributed by atoms with van der Waals surface area (Å²) in [6.45, 7) is 8.79. The lowest BCUT2D eigenvalue weighted by atomic mass is 10.1. The van der Waals surface area contributed by atoms with E-state index in [1.54, 1.807) is 6.26 Å². The van der Waals surface area contributed by atoms with Crippen LogP contribution in [0.25, 0.3) is 0 Å². The number of fused-ring (bicyclic) bond motifs is 1. The SMILES string of the molecule is Cc1nc2n(n1)CCCC2NC(=NCC(C)C)NCCc1ccco1. The Morgan fingerprint density at radius 1 is 1.48 bits per heavy atom. The van der Waals surface area contributed by atoms with E-state index in [4.69, 9.17) is 9.41 Å². The number of rotatable bonds is 6. The zero-order chi connectivity index (χ0) is 17.6. The Bertz CT molecular complexity index is 688. The van der Waals surface area contributed by atoms with Gasteiger partial charge >= 0.3 is 0 Å². The average Bonchev–Trinajstić information content (AvgIpc) is 3.21. The molecular formula is C18H28N6O. The van der Waals surface area contributed by atoms with Crippen LogP contribution in [0.4, 0.5) is 0 Å². The quantitative estimate of drug-likeness (QED) is 0.621. The van der Waals surface area contributed by atoms with Crippen LogP contribution in [0.1, 0.15) is 50.1 Å². The molecule has 0 saturated heterocycles. The molecule has 0 amide bonds. The highest BCUT2D eigenvalue weighted by molar-refractivity contribution is 5.80. The molecular weight excluding hydrogens is 316 g/mol. The maximum Gasteiger partial charge on any atom is 0.191 e. The molecule has 1 aliphatic heterocycles. The van der Waals surface area contributed by atoms with Gasteiger partial charge < -0.3 is 15.1 Å². The number of hydrogen-bond acceptors (Lipinski definition) is 4. The van der Waals surface area contributed by atoms with Gasteiger partial charge in [-0.3, -0.25) is 4.99 Å². The molecule has 1 unspecified atom stereocenters. The second-order valence-electron chi connectivity index (χ2n) is 6.92. The molecule has 0 bridgehead atoms. The zero-order valence-electron chi connectivity index (χ0n) is 15.3. The molecule has 7 nitrogen and oxygen atoms in total. The van der Waals surface area contributed by atoms with Crippen molar-refractivity contribution in [3.05, 3.63) is 35.8 Å². The number of guanidine groups is 1. The second-order valence-corrected chi connectivity index (χ2v) is 6.92. The van der Waals surface area contributed by atoms with E-state index in [9.17, 15) is 0 Å². The van der Waals surface area contributed by atoms with Crippen molar-refractivity contribution in [3.63, 3.8) is 0 Å². The zero-order valence-corrected chi connectivity index (χ0v) is 15.3. The fourth-order valence-corrected chi connectivity index (χ4v) is 2.96. The summed E-state index contributed by atoms with van der Waals surface area (Å²) in [5.74, 6) is 4.16. The Hall–Kier alpha value is -2.31. The second kappa shape index (κ2) is 8.18. The van der Waals surface area contributed by atoms with Gasteiger partial charge in [-0.15, -0.1) is 0 Å². The molecule has 25 heavy (non-hydrogen) atoms.